The fourth-order valence-electron chi connectivity index (χ4n) is 3.62. The fraction of sp³-hybridized carbons (Fsp3) is 0.778. The minimum absolute atomic E-state index is 0. The van der Waals surface area contributed by atoms with Gasteiger partial charge >= 0.3 is 0 Å². The molecule has 3 rings (SSSR count). The number of aliphatic imine (C=N–C) groups is 1. The molecule has 2 aliphatic rings. The second-order valence-electron chi connectivity index (χ2n) is 7.23. The molecule has 7 heteroatoms. The van der Waals surface area contributed by atoms with Gasteiger partial charge in [0.1, 0.15) is 0 Å². The minimum Gasteiger partial charge on any atom is -0.351 e. The molecule has 1 aromatic rings. The van der Waals surface area contributed by atoms with Crippen molar-refractivity contribution in [3.05, 3.63) is 18.0 Å². The number of rotatable bonds is 4. The van der Waals surface area contributed by atoms with Gasteiger partial charge in [-0.05, 0) is 24.8 Å². The van der Waals surface area contributed by atoms with Crippen molar-refractivity contribution >= 4 is 41.7 Å². The van der Waals surface area contributed by atoms with Crippen LogP contribution in [-0.4, -0.2) is 51.8 Å². The molecule has 0 aromatic carbocycles. The van der Waals surface area contributed by atoms with Gasteiger partial charge in [0.05, 0.1) is 18.3 Å². The molecule has 0 amide bonds. The minimum atomic E-state index is 0. The van der Waals surface area contributed by atoms with Crippen LogP contribution in [0.5, 0.6) is 0 Å². The zero-order chi connectivity index (χ0) is 16.9. The highest BCUT2D eigenvalue weighted by Gasteiger charge is 2.25. The third-order valence-electron chi connectivity index (χ3n) is 5.14. The summed E-state index contributed by atoms with van der Waals surface area (Å²) in [6, 6.07) is 2.76. The lowest BCUT2D eigenvalue weighted by Gasteiger charge is -2.36. The average Bonchev–Trinajstić information content (AvgIpc) is 3.27. The molecular formula is C18H32IN5S. The monoisotopic (exact) mass is 477 g/mol. The van der Waals surface area contributed by atoms with Gasteiger partial charge < -0.3 is 10.2 Å². The van der Waals surface area contributed by atoms with E-state index >= 15 is 0 Å². The lowest BCUT2D eigenvalue weighted by atomic mass is 10.1. The summed E-state index contributed by atoms with van der Waals surface area (Å²) in [6.07, 6.45) is 7.38. The first kappa shape index (κ1) is 20.9. The van der Waals surface area contributed by atoms with Crippen molar-refractivity contribution in [1.82, 2.24) is 20.0 Å². The van der Waals surface area contributed by atoms with Gasteiger partial charge in [0.15, 0.2) is 5.96 Å². The van der Waals surface area contributed by atoms with E-state index < -0.39 is 0 Å². The van der Waals surface area contributed by atoms with Crippen LogP contribution in [0, 0.1) is 5.92 Å². The van der Waals surface area contributed by atoms with Crippen LogP contribution in [0.25, 0.3) is 0 Å². The zero-order valence-electron chi connectivity index (χ0n) is 15.6. The summed E-state index contributed by atoms with van der Waals surface area (Å²) in [7, 11) is 1.88. The molecule has 1 N–H and O–H groups in total. The van der Waals surface area contributed by atoms with E-state index in [0.29, 0.717) is 17.2 Å². The average molecular weight is 477 g/mol. The lowest BCUT2D eigenvalue weighted by molar-refractivity contribution is 0.380. The Hall–Kier alpha value is -0.440. The topological polar surface area (TPSA) is 45.5 Å². The molecule has 2 heterocycles. The van der Waals surface area contributed by atoms with Crippen LogP contribution >= 0.6 is 35.7 Å². The first-order valence-corrected chi connectivity index (χ1v) is 10.3. The molecule has 0 radical (unpaired) electrons. The van der Waals surface area contributed by atoms with Crippen LogP contribution < -0.4 is 5.32 Å². The summed E-state index contributed by atoms with van der Waals surface area (Å²) in [5.74, 6) is 2.90. The van der Waals surface area contributed by atoms with E-state index in [1.165, 1.54) is 31.4 Å². The van der Waals surface area contributed by atoms with E-state index in [2.05, 4.69) is 57.8 Å². The Kier molecular flexibility index (Phi) is 8.38. The van der Waals surface area contributed by atoms with Crippen molar-refractivity contribution in [2.45, 2.75) is 57.4 Å². The van der Waals surface area contributed by atoms with E-state index in [4.69, 9.17) is 5.10 Å². The van der Waals surface area contributed by atoms with E-state index in [-0.39, 0.29) is 24.0 Å². The second-order valence-corrected chi connectivity index (χ2v) is 8.57. The highest BCUT2D eigenvalue weighted by molar-refractivity contribution is 14.0. The van der Waals surface area contributed by atoms with Gasteiger partial charge in [0, 0.05) is 37.3 Å². The fourth-order valence-corrected chi connectivity index (χ4v) is 4.92. The SMILES string of the molecule is CN=C(NCc1ccn(C2CCCC2)n1)N1CCSC(C(C)C)C1.I. The van der Waals surface area contributed by atoms with Crippen LogP contribution in [0.3, 0.4) is 0 Å². The first-order chi connectivity index (χ1) is 11.7. The summed E-state index contributed by atoms with van der Waals surface area (Å²) in [5.41, 5.74) is 1.11. The van der Waals surface area contributed by atoms with Gasteiger partial charge in [-0.25, -0.2) is 0 Å². The van der Waals surface area contributed by atoms with E-state index in [1.54, 1.807) is 0 Å². The van der Waals surface area contributed by atoms with E-state index in [0.717, 1.165) is 31.3 Å². The molecule has 1 aliphatic carbocycles. The van der Waals surface area contributed by atoms with Crippen LogP contribution in [0.1, 0.15) is 51.3 Å². The zero-order valence-corrected chi connectivity index (χ0v) is 18.8. The lowest BCUT2D eigenvalue weighted by Crippen LogP contribution is -2.48. The van der Waals surface area contributed by atoms with Crippen molar-refractivity contribution in [1.29, 1.82) is 0 Å². The number of thioether (sulfide) groups is 1. The van der Waals surface area contributed by atoms with Crippen molar-refractivity contribution < 1.29 is 0 Å². The van der Waals surface area contributed by atoms with Gasteiger partial charge in [-0.1, -0.05) is 26.7 Å². The molecular weight excluding hydrogens is 445 g/mol. The normalized spacial score (nSPS) is 22.3. The summed E-state index contributed by atoms with van der Waals surface area (Å²) in [6.45, 7) is 7.53. The van der Waals surface area contributed by atoms with Gasteiger partial charge in [-0.3, -0.25) is 9.67 Å². The molecule has 1 saturated heterocycles. The third-order valence-corrected chi connectivity index (χ3v) is 6.68. The Labute approximate surface area is 173 Å². The Morgan fingerprint density at radius 3 is 2.84 bits per heavy atom. The van der Waals surface area contributed by atoms with Crippen LogP contribution in [0.4, 0.5) is 0 Å². The first-order valence-electron chi connectivity index (χ1n) is 9.28. The molecule has 142 valence electrons. The maximum Gasteiger partial charge on any atom is 0.194 e. The van der Waals surface area contributed by atoms with Gasteiger partial charge in [0.2, 0.25) is 0 Å². The molecule has 1 atom stereocenters. The maximum absolute atomic E-state index is 4.76. The standard InChI is InChI=1S/C18H31N5S.HI/c1-14(2)17-13-22(10-11-24-17)18(19-3)20-12-15-8-9-23(21-15)16-6-4-5-7-16;/h8-9,14,16-17H,4-7,10-13H2,1-3H3,(H,19,20);1H. The molecule has 1 aliphatic heterocycles. The summed E-state index contributed by atoms with van der Waals surface area (Å²) in [5, 5.41) is 8.97. The Morgan fingerprint density at radius 1 is 1.40 bits per heavy atom. The maximum atomic E-state index is 4.76. The van der Waals surface area contributed by atoms with E-state index in [9.17, 15) is 0 Å². The number of aromatic nitrogens is 2. The molecule has 1 aromatic heterocycles. The summed E-state index contributed by atoms with van der Waals surface area (Å²) < 4.78 is 2.17. The summed E-state index contributed by atoms with van der Waals surface area (Å²) >= 11 is 2.09. The number of hydrogen-bond acceptors (Lipinski definition) is 3. The highest BCUT2D eigenvalue weighted by atomic mass is 127. The smallest absolute Gasteiger partial charge is 0.194 e. The molecule has 5 nitrogen and oxygen atoms in total. The van der Waals surface area contributed by atoms with Crippen LogP contribution in [-0.2, 0) is 6.54 Å². The molecule has 0 bridgehead atoms. The number of guanidine groups is 1. The summed E-state index contributed by atoms with van der Waals surface area (Å²) in [4.78, 5) is 6.89. The Bertz CT molecular complexity index is 553. The predicted octanol–water partition coefficient (Wildman–Crippen LogP) is 3.77. The highest BCUT2D eigenvalue weighted by Crippen LogP contribution is 2.28. The molecule has 0 spiro atoms. The van der Waals surface area contributed by atoms with Crippen molar-refractivity contribution in [2.75, 3.05) is 25.9 Å². The Morgan fingerprint density at radius 2 is 2.16 bits per heavy atom. The van der Waals surface area contributed by atoms with Gasteiger partial charge in [-0.2, -0.15) is 16.9 Å². The number of nitrogens with zero attached hydrogens (tertiary/aromatic N) is 4. The Balaban J connectivity index is 0.00000225. The van der Waals surface area contributed by atoms with Gasteiger partial charge in [0.25, 0.3) is 0 Å². The van der Waals surface area contributed by atoms with Crippen molar-refractivity contribution in [2.24, 2.45) is 10.9 Å². The molecule has 25 heavy (non-hydrogen) atoms. The molecule has 2 fully saturated rings. The number of hydrogen-bond donors (Lipinski definition) is 1. The quantitative estimate of drug-likeness (QED) is 0.408. The van der Waals surface area contributed by atoms with Crippen LogP contribution in [0.15, 0.2) is 17.3 Å². The van der Waals surface area contributed by atoms with Crippen molar-refractivity contribution in [3.8, 4) is 0 Å². The van der Waals surface area contributed by atoms with Crippen LogP contribution in [0.2, 0.25) is 0 Å². The molecule has 1 saturated carbocycles. The van der Waals surface area contributed by atoms with Gasteiger partial charge in [-0.15, -0.1) is 24.0 Å². The molecule has 1 unspecified atom stereocenters. The van der Waals surface area contributed by atoms with Crippen molar-refractivity contribution in [3.63, 3.8) is 0 Å². The number of halogens is 1. The largest absolute Gasteiger partial charge is 0.351 e. The third kappa shape index (κ3) is 5.52. The second kappa shape index (κ2) is 10.0. The predicted molar refractivity (Wildman–Crippen MR) is 118 cm³/mol. The van der Waals surface area contributed by atoms with E-state index in [1.807, 2.05) is 7.05 Å². The number of nitrogens with one attached hydrogen (secondary N) is 1.